The van der Waals surface area contributed by atoms with Crippen molar-refractivity contribution in [2.75, 3.05) is 0 Å². The van der Waals surface area contributed by atoms with E-state index in [9.17, 15) is 13.0 Å². The van der Waals surface area contributed by atoms with E-state index in [-0.39, 0.29) is 18.1 Å². The summed E-state index contributed by atoms with van der Waals surface area (Å²) < 4.78 is 50.6. The van der Waals surface area contributed by atoms with Gasteiger partial charge in [0.2, 0.25) is 0 Å². The van der Waals surface area contributed by atoms with E-state index in [1.807, 2.05) is 78.9 Å². The number of fused-ring (bicyclic) bond motifs is 5. The molecular formula is C39H43NO5S. The monoisotopic (exact) mass is 637 g/mol. The Kier molecular flexibility index (Phi) is 8.77. The molecule has 0 bridgehead atoms. The van der Waals surface area contributed by atoms with Crippen molar-refractivity contribution in [1.82, 2.24) is 4.31 Å². The molecule has 0 spiro atoms. The highest BCUT2D eigenvalue weighted by atomic mass is 32.2. The van der Waals surface area contributed by atoms with Crippen molar-refractivity contribution in [2.24, 2.45) is 17.3 Å². The minimum absolute atomic E-state index is 0.0185. The molecule has 0 amide bonds. The van der Waals surface area contributed by atoms with Crippen molar-refractivity contribution in [3.8, 4) is 5.75 Å². The smallest absolute Gasteiger partial charge is 0.338 e. The molecule has 46 heavy (non-hydrogen) atoms. The highest BCUT2D eigenvalue weighted by molar-refractivity contribution is 7.83. The van der Waals surface area contributed by atoms with E-state index in [1.165, 1.54) is 16.7 Å². The lowest BCUT2D eigenvalue weighted by Crippen LogP contribution is -2.46. The van der Waals surface area contributed by atoms with Crippen molar-refractivity contribution in [3.05, 3.63) is 137 Å². The first-order valence-corrected chi connectivity index (χ1v) is 18.0. The van der Waals surface area contributed by atoms with Gasteiger partial charge >= 0.3 is 10.3 Å². The molecule has 1 unspecified atom stereocenters. The lowest BCUT2D eigenvalue weighted by molar-refractivity contribution is -0.133. The summed E-state index contributed by atoms with van der Waals surface area (Å²) in [7, 11) is -4.58. The van der Waals surface area contributed by atoms with Crippen molar-refractivity contribution < 1.29 is 22.4 Å². The van der Waals surface area contributed by atoms with Gasteiger partial charge in [-0.1, -0.05) is 104 Å². The van der Waals surface area contributed by atoms with Crippen LogP contribution in [0.4, 0.5) is 0 Å². The van der Waals surface area contributed by atoms with Crippen LogP contribution in [0.2, 0.25) is 0 Å². The molecule has 7 rings (SSSR count). The van der Waals surface area contributed by atoms with Gasteiger partial charge in [0.15, 0.2) is 6.23 Å². The molecule has 4 aromatic carbocycles. The summed E-state index contributed by atoms with van der Waals surface area (Å²) in [6.07, 6.45) is 5.14. The van der Waals surface area contributed by atoms with Crippen LogP contribution < -0.4 is 4.74 Å². The Hall–Kier alpha value is -3.49. The Bertz CT molecular complexity index is 1730. The van der Waals surface area contributed by atoms with Crippen LogP contribution in [-0.2, 0) is 34.6 Å². The molecule has 2 fully saturated rings. The average Bonchev–Trinajstić information content (AvgIpc) is 3.41. The van der Waals surface area contributed by atoms with Gasteiger partial charge in [0.1, 0.15) is 12.4 Å². The standard InChI is InChI=1S/C39H43NO5S/c1-39-24-23-34-33-20-18-32(44-27-29-13-7-3-8-14-29)25-31(33)17-19-35(34)36(39)21-22-37(39)45-38(30-15-9-4-10-16-30)40(46(41,42)43)26-28-11-5-2-6-12-28/h2-16,18,20,25,34-38H,17,19,21-24,26-27H2,1H3,(H,41,42,43)/t34-,35-,36+,37+,38?,39+/m1/s1. The Morgan fingerprint density at radius 2 is 1.52 bits per heavy atom. The summed E-state index contributed by atoms with van der Waals surface area (Å²) in [5.41, 5.74) is 5.47. The van der Waals surface area contributed by atoms with Crippen LogP contribution in [0.3, 0.4) is 0 Å². The van der Waals surface area contributed by atoms with Crippen LogP contribution >= 0.6 is 0 Å². The predicted octanol–water partition coefficient (Wildman–Crippen LogP) is 8.51. The number of ether oxygens (including phenoxy) is 2. The van der Waals surface area contributed by atoms with E-state index in [4.69, 9.17) is 9.47 Å². The Balaban J connectivity index is 1.11. The molecule has 0 saturated heterocycles. The number of aryl methyl sites for hydroxylation is 1. The maximum atomic E-state index is 12.9. The second kappa shape index (κ2) is 13.0. The number of benzene rings is 4. The van der Waals surface area contributed by atoms with Crippen LogP contribution in [0.25, 0.3) is 0 Å². The molecule has 4 aromatic rings. The van der Waals surface area contributed by atoms with Crippen LogP contribution in [-0.4, -0.2) is 23.4 Å². The van der Waals surface area contributed by atoms with E-state index < -0.39 is 16.5 Å². The van der Waals surface area contributed by atoms with Gasteiger partial charge in [0.05, 0.1) is 6.10 Å². The first-order valence-electron chi connectivity index (χ1n) is 16.6. The summed E-state index contributed by atoms with van der Waals surface area (Å²) in [6.45, 7) is 2.95. The molecule has 6 nitrogen and oxygen atoms in total. The summed E-state index contributed by atoms with van der Waals surface area (Å²) >= 11 is 0. The fraction of sp³-hybridized carbons (Fsp3) is 0.385. The maximum absolute atomic E-state index is 12.9. The van der Waals surface area contributed by atoms with Crippen molar-refractivity contribution in [2.45, 2.75) is 76.9 Å². The Labute approximate surface area is 273 Å². The van der Waals surface area contributed by atoms with Crippen molar-refractivity contribution in [3.63, 3.8) is 0 Å². The van der Waals surface area contributed by atoms with Gasteiger partial charge in [-0.3, -0.25) is 4.55 Å². The lowest BCUT2D eigenvalue weighted by atomic mass is 9.55. The molecular weight excluding hydrogens is 594 g/mol. The zero-order valence-electron chi connectivity index (χ0n) is 26.4. The minimum Gasteiger partial charge on any atom is -0.489 e. The third-order valence-electron chi connectivity index (χ3n) is 11.0. The molecule has 240 valence electrons. The average molecular weight is 638 g/mol. The van der Waals surface area contributed by atoms with E-state index >= 15 is 0 Å². The van der Waals surface area contributed by atoms with Crippen LogP contribution in [0.1, 0.15) is 79.0 Å². The molecule has 3 aliphatic carbocycles. The molecule has 0 aromatic heterocycles. The Morgan fingerprint density at radius 3 is 2.22 bits per heavy atom. The Morgan fingerprint density at radius 1 is 0.848 bits per heavy atom. The number of hydrogen-bond donors (Lipinski definition) is 1. The van der Waals surface area contributed by atoms with Crippen LogP contribution in [0, 0.1) is 17.3 Å². The summed E-state index contributed by atoms with van der Waals surface area (Å²) in [4.78, 5) is 0. The van der Waals surface area contributed by atoms with Gasteiger partial charge in [-0.2, -0.15) is 8.42 Å². The zero-order valence-corrected chi connectivity index (χ0v) is 27.2. The third kappa shape index (κ3) is 6.26. The summed E-state index contributed by atoms with van der Waals surface area (Å²) in [5.74, 6) is 2.50. The normalized spacial score (nSPS) is 26.2. The molecule has 2 saturated carbocycles. The van der Waals surface area contributed by atoms with Crippen LogP contribution in [0.15, 0.2) is 109 Å². The lowest BCUT2D eigenvalue weighted by Gasteiger charge is -2.51. The molecule has 1 N–H and O–H groups in total. The van der Waals surface area contributed by atoms with Gasteiger partial charge in [-0.25, -0.2) is 0 Å². The zero-order chi connectivity index (χ0) is 31.7. The first-order chi connectivity index (χ1) is 22.3. The van der Waals surface area contributed by atoms with Gasteiger partial charge in [0.25, 0.3) is 0 Å². The number of rotatable bonds is 10. The van der Waals surface area contributed by atoms with E-state index in [0.29, 0.717) is 29.9 Å². The fourth-order valence-corrected chi connectivity index (χ4v) is 9.43. The van der Waals surface area contributed by atoms with E-state index in [2.05, 4.69) is 37.3 Å². The van der Waals surface area contributed by atoms with E-state index in [0.717, 1.165) is 54.1 Å². The molecule has 0 aliphatic heterocycles. The quantitative estimate of drug-likeness (QED) is 0.139. The van der Waals surface area contributed by atoms with Gasteiger partial charge in [0, 0.05) is 6.54 Å². The second-order valence-corrected chi connectivity index (χ2v) is 14.9. The third-order valence-corrected chi connectivity index (χ3v) is 11.9. The maximum Gasteiger partial charge on any atom is 0.338 e. The first kappa shape index (κ1) is 31.1. The van der Waals surface area contributed by atoms with Gasteiger partial charge in [-0.15, -0.1) is 4.31 Å². The van der Waals surface area contributed by atoms with Crippen molar-refractivity contribution in [1.29, 1.82) is 0 Å². The molecule has 3 aliphatic rings. The van der Waals surface area contributed by atoms with E-state index in [1.54, 1.807) is 0 Å². The van der Waals surface area contributed by atoms with Crippen LogP contribution in [0.5, 0.6) is 5.75 Å². The molecule has 0 heterocycles. The summed E-state index contributed by atoms with van der Waals surface area (Å²) in [5, 5.41) is 0. The highest BCUT2D eigenvalue weighted by Gasteiger charge is 2.56. The van der Waals surface area contributed by atoms with Gasteiger partial charge < -0.3 is 9.47 Å². The highest BCUT2D eigenvalue weighted by Crippen LogP contribution is 2.62. The number of nitrogens with zero attached hydrogens (tertiary/aromatic N) is 1. The second-order valence-electron chi connectivity index (χ2n) is 13.6. The molecule has 6 atom stereocenters. The minimum atomic E-state index is -4.58. The largest absolute Gasteiger partial charge is 0.489 e. The summed E-state index contributed by atoms with van der Waals surface area (Å²) in [6, 6.07) is 35.8. The molecule has 7 heteroatoms. The fourth-order valence-electron chi connectivity index (χ4n) is 8.70. The van der Waals surface area contributed by atoms with Gasteiger partial charge in [-0.05, 0) is 102 Å². The SMILES string of the molecule is C[C@]12CC[C@@H]3c4ccc(OCc5ccccc5)cc4CC[C@H]3[C@@H]1CC[C@@H]2OC(c1ccccc1)N(Cc1ccccc1)S(=O)(=O)O. The molecule has 0 radical (unpaired) electrons. The predicted molar refractivity (Wildman–Crippen MR) is 179 cm³/mol. The van der Waals surface area contributed by atoms with Crippen molar-refractivity contribution >= 4 is 10.3 Å². The topological polar surface area (TPSA) is 76.1 Å². The number of hydrogen-bond acceptors (Lipinski definition) is 4.